The molecule has 5 nitrogen and oxygen atoms in total. The van der Waals surface area contributed by atoms with Crippen molar-refractivity contribution in [3.8, 4) is 0 Å². The highest BCUT2D eigenvalue weighted by Crippen LogP contribution is 2.40. The summed E-state index contributed by atoms with van der Waals surface area (Å²) in [6.45, 7) is 5.64. The van der Waals surface area contributed by atoms with Crippen LogP contribution in [0.3, 0.4) is 0 Å². The van der Waals surface area contributed by atoms with E-state index in [0.717, 1.165) is 11.3 Å². The van der Waals surface area contributed by atoms with Crippen LogP contribution < -0.4 is 0 Å². The van der Waals surface area contributed by atoms with Crippen LogP contribution in [0.2, 0.25) is 0 Å². The van der Waals surface area contributed by atoms with Crippen molar-refractivity contribution in [1.82, 2.24) is 0 Å². The SMILES string of the molecule is CC(C)(C)OC(=O)C1(S(=O)(=O)c2ccc(Br)s2)CCOCC1. The number of hydrogen-bond donors (Lipinski definition) is 0. The van der Waals surface area contributed by atoms with Gasteiger partial charge in [-0.05, 0) is 48.8 Å². The summed E-state index contributed by atoms with van der Waals surface area (Å²) in [4.78, 5) is 12.7. The molecule has 1 saturated heterocycles. The number of rotatable bonds is 3. The number of ether oxygens (including phenoxy) is 2. The van der Waals surface area contributed by atoms with E-state index in [2.05, 4.69) is 15.9 Å². The third kappa shape index (κ3) is 3.39. The number of thiophene rings is 1. The van der Waals surface area contributed by atoms with Gasteiger partial charge in [0.25, 0.3) is 0 Å². The molecule has 8 heteroatoms. The van der Waals surface area contributed by atoms with Crippen molar-refractivity contribution in [2.45, 2.75) is 48.2 Å². The lowest BCUT2D eigenvalue weighted by atomic mass is 9.99. The minimum absolute atomic E-state index is 0.111. The maximum absolute atomic E-state index is 13.1. The third-order valence-corrected chi connectivity index (χ3v) is 8.00. The van der Waals surface area contributed by atoms with Crippen molar-refractivity contribution in [1.29, 1.82) is 0 Å². The quantitative estimate of drug-likeness (QED) is 0.715. The Bertz CT molecular complexity index is 651. The number of sulfone groups is 1. The molecule has 0 unspecified atom stereocenters. The zero-order chi connectivity index (χ0) is 16.6. The third-order valence-electron chi connectivity index (χ3n) is 3.40. The van der Waals surface area contributed by atoms with Gasteiger partial charge in [0.1, 0.15) is 9.81 Å². The predicted octanol–water partition coefficient (Wildman–Crippen LogP) is 3.18. The molecule has 2 heterocycles. The first-order valence-corrected chi connectivity index (χ1v) is 9.99. The molecule has 1 fully saturated rings. The van der Waals surface area contributed by atoms with Gasteiger partial charge in [0.15, 0.2) is 4.75 Å². The van der Waals surface area contributed by atoms with Gasteiger partial charge in [0, 0.05) is 26.1 Å². The van der Waals surface area contributed by atoms with Gasteiger partial charge in [-0.3, -0.25) is 4.79 Å². The van der Waals surface area contributed by atoms with Crippen LogP contribution in [0.15, 0.2) is 20.1 Å². The fourth-order valence-corrected chi connectivity index (χ4v) is 6.51. The van der Waals surface area contributed by atoms with Crippen molar-refractivity contribution in [3.05, 3.63) is 15.9 Å². The molecule has 0 aromatic carbocycles. The largest absolute Gasteiger partial charge is 0.459 e. The van der Waals surface area contributed by atoms with Crippen LogP contribution in [0, 0.1) is 0 Å². The molecule has 0 bridgehead atoms. The molecule has 0 saturated carbocycles. The first-order chi connectivity index (χ1) is 10.1. The Morgan fingerprint density at radius 3 is 2.36 bits per heavy atom. The predicted molar refractivity (Wildman–Crippen MR) is 87.8 cm³/mol. The summed E-state index contributed by atoms with van der Waals surface area (Å²) < 4.78 is 36.2. The molecule has 0 atom stereocenters. The summed E-state index contributed by atoms with van der Waals surface area (Å²) in [7, 11) is -3.84. The molecule has 1 aliphatic heterocycles. The lowest BCUT2D eigenvalue weighted by Gasteiger charge is -2.36. The maximum atomic E-state index is 13.1. The summed E-state index contributed by atoms with van der Waals surface area (Å²) >= 11 is 4.37. The van der Waals surface area contributed by atoms with Gasteiger partial charge in [-0.1, -0.05) is 0 Å². The van der Waals surface area contributed by atoms with Crippen LogP contribution in [0.5, 0.6) is 0 Å². The minimum Gasteiger partial charge on any atom is -0.459 e. The Balaban J connectivity index is 2.47. The topological polar surface area (TPSA) is 69.7 Å². The molecule has 1 aliphatic rings. The van der Waals surface area contributed by atoms with Crippen LogP contribution >= 0.6 is 27.3 Å². The van der Waals surface area contributed by atoms with E-state index in [9.17, 15) is 13.2 Å². The summed E-state index contributed by atoms with van der Waals surface area (Å²) in [5.74, 6) is -0.687. The minimum atomic E-state index is -3.84. The van der Waals surface area contributed by atoms with Crippen LogP contribution in [0.4, 0.5) is 0 Å². The first kappa shape index (κ1) is 17.9. The molecule has 0 amide bonds. The molecule has 0 spiro atoms. The van der Waals surface area contributed by atoms with Crippen molar-refractivity contribution in [3.63, 3.8) is 0 Å². The Labute approximate surface area is 143 Å². The Kier molecular flexibility index (Phi) is 5.06. The van der Waals surface area contributed by atoms with E-state index in [1.165, 1.54) is 6.07 Å². The molecule has 0 radical (unpaired) electrons. The molecule has 1 aromatic heterocycles. The van der Waals surface area contributed by atoms with Gasteiger partial charge in [0.05, 0.1) is 3.79 Å². The van der Waals surface area contributed by atoms with E-state index < -0.39 is 26.2 Å². The molecule has 22 heavy (non-hydrogen) atoms. The van der Waals surface area contributed by atoms with E-state index in [-0.39, 0.29) is 30.3 Å². The van der Waals surface area contributed by atoms with Gasteiger partial charge in [-0.2, -0.15) is 0 Å². The molecule has 0 N–H and O–H groups in total. The molecular formula is C14H19BrO5S2. The Morgan fingerprint density at radius 2 is 1.91 bits per heavy atom. The zero-order valence-corrected chi connectivity index (χ0v) is 15.9. The maximum Gasteiger partial charge on any atom is 0.328 e. The fraction of sp³-hybridized carbons (Fsp3) is 0.643. The van der Waals surface area contributed by atoms with Gasteiger partial charge in [0.2, 0.25) is 9.84 Å². The van der Waals surface area contributed by atoms with E-state index >= 15 is 0 Å². The molecular weight excluding hydrogens is 392 g/mol. The van der Waals surface area contributed by atoms with Gasteiger partial charge in [-0.25, -0.2) is 8.42 Å². The molecule has 1 aromatic rings. The lowest BCUT2D eigenvalue weighted by Crippen LogP contribution is -2.52. The van der Waals surface area contributed by atoms with Crippen molar-refractivity contribution in [2.24, 2.45) is 0 Å². The highest BCUT2D eigenvalue weighted by atomic mass is 79.9. The standard InChI is InChI=1S/C14H19BrO5S2/c1-13(2,3)20-12(16)14(6-8-19-9-7-14)22(17,18)11-5-4-10(15)21-11/h4-5H,6-9H2,1-3H3. The summed E-state index contributed by atoms with van der Waals surface area (Å²) in [6, 6.07) is 3.19. The number of carbonyl (C=O) groups excluding carboxylic acids is 1. The smallest absolute Gasteiger partial charge is 0.328 e. The monoisotopic (exact) mass is 410 g/mol. The lowest BCUT2D eigenvalue weighted by molar-refractivity contribution is -0.160. The van der Waals surface area contributed by atoms with E-state index in [1.54, 1.807) is 26.8 Å². The van der Waals surface area contributed by atoms with E-state index in [0.29, 0.717) is 3.79 Å². The number of hydrogen-bond acceptors (Lipinski definition) is 6. The second-order valence-corrected chi connectivity index (χ2v) is 11.1. The van der Waals surface area contributed by atoms with Crippen LogP contribution in [-0.4, -0.2) is 37.9 Å². The van der Waals surface area contributed by atoms with Crippen molar-refractivity contribution in [2.75, 3.05) is 13.2 Å². The second-order valence-electron chi connectivity index (χ2n) is 6.17. The zero-order valence-electron chi connectivity index (χ0n) is 12.7. The summed E-state index contributed by atoms with van der Waals surface area (Å²) in [5.41, 5.74) is -0.742. The van der Waals surface area contributed by atoms with Crippen LogP contribution in [0.25, 0.3) is 0 Å². The summed E-state index contributed by atoms with van der Waals surface area (Å²) in [5, 5.41) is 0. The van der Waals surface area contributed by atoms with Gasteiger partial charge < -0.3 is 9.47 Å². The number of esters is 1. The van der Waals surface area contributed by atoms with Crippen molar-refractivity contribution < 1.29 is 22.7 Å². The highest BCUT2D eigenvalue weighted by Gasteiger charge is 2.54. The first-order valence-electron chi connectivity index (χ1n) is 6.90. The second kappa shape index (κ2) is 6.22. The number of halogens is 1. The van der Waals surface area contributed by atoms with Gasteiger partial charge >= 0.3 is 5.97 Å². The fourth-order valence-electron chi connectivity index (χ4n) is 2.29. The van der Waals surface area contributed by atoms with E-state index in [1.807, 2.05) is 0 Å². The normalized spacial score (nSPS) is 18.9. The molecule has 0 aliphatic carbocycles. The number of carbonyl (C=O) groups is 1. The highest BCUT2D eigenvalue weighted by molar-refractivity contribution is 9.11. The van der Waals surface area contributed by atoms with Crippen molar-refractivity contribution >= 4 is 43.1 Å². The van der Waals surface area contributed by atoms with Crippen LogP contribution in [-0.2, 0) is 24.1 Å². The average Bonchev–Trinajstić information content (AvgIpc) is 2.85. The summed E-state index contributed by atoms with van der Waals surface area (Å²) in [6.07, 6.45) is 0.222. The Morgan fingerprint density at radius 1 is 1.32 bits per heavy atom. The average molecular weight is 411 g/mol. The van der Waals surface area contributed by atoms with Crippen LogP contribution in [0.1, 0.15) is 33.6 Å². The van der Waals surface area contributed by atoms with E-state index in [4.69, 9.17) is 9.47 Å². The molecule has 124 valence electrons. The molecule has 2 rings (SSSR count). The Hall–Kier alpha value is -0.440. The van der Waals surface area contributed by atoms with Gasteiger partial charge in [-0.15, -0.1) is 11.3 Å².